The summed E-state index contributed by atoms with van der Waals surface area (Å²) in [5, 5.41) is 0. The lowest BCUT2D eigenvalue weighted by Crippen LogP contribution is -2.43. The van der Waals surface area contributed by atoms with Gasteiger partial charge in [0.15, 0.2) is 11.5 Å². The Morgan fingerprint density at radius 3 is 2.27 bits per heavy atom. The minimum atomic E-state index is -0.401. The van der Waals surface area contributed by atoms with Crippen LogP contribution in [0, 0.1) is 6.92 Å². The van der Waals surface area contributed by atoms with Crippen LogP contribution >= 0.6 is 11.3 Å². The molecule has 0 aliphatic heterocycles. The number of thiophene rings is 1. The van der Waals surface area contributed by atoms with Crippen molar-refractivity contribution < 1.29 is 28.6 Å². The van der Waals surface area contributed by atoms with E-state index in [1.165, 1.54) is 4.88 Å². The number of unbranched alkanes of at least 4 members (excludes halogenated alkanes) is 1. The maximum Gasteiger partial charge on any atom is 0.306 e. The van der Waals surface area contributed by atoms with Crippen LogP contribution in [-0.2, 0) is 32.1 Å². The molecule has 0 fully saturated rings. The number of methoxy groups -OCH3 is 2. The summed E-state index contributed by atoms with van der Waals surface area (Å²) >= 11 is 1.66. The molecule has 0 bridgehead atoms. The van der Waals surface area contributed by atoms with E-state index in [1.807, 2.05) is 44.2 Å². The van der Waals surface area contributed by atoms with E-state index in [1.54, 1.807) is 42.3 Å². The van der Waals surface area contributed by atoms with Crippen LogP contribution in [0.1, 0.15) is 54.8 Å². The average molecular weight is 533 g/mol. The number of benzene rings is 1. The second kappa shape index (κ2) is 15.9. The Hall–Kier alpha value is -3.07. The Balaban J connectivity index is 2.15. The molecule has 2 aromatic rings. The molecule has 1 aromatic carbocycles. The predicted molar refractivity (Wildman–Crippen MR) is 145 cm³/mol. The van der Waals surface area contributed by atoms with Gasteiger partial charge in [0.2, 0.25) is 11.8 Å². The molecule has 0 aliphatic rings. The molecular weight excluding hydrogens is 492 g/mol. The van der Waals surface area contributed by atoms with Gasteiger partial charge >= 0.3 is 5.97 Å². The number of ether oxygens (including phenoxy) is 3. The zero-order valence-corrected chi connectivity index (χ0v) is 23.5. The van der Waals surface area contributed by atoms with Crippen molar-refractivity contribution in [1.29, 1.82) is 0 Å². The number of amides is 2. The van der Waals surface area contributed by atoms with Gasteiger partial charge in [-0.2, -0.15) is 0 Å². The largest absolute Gasteiger partial charge is 0.493 e. The van der Waals surface area contributed by atoms with E-state index in [0.717, 1.165) is 23.3 Å². The van der Waals surface area contributed by atoms with Crippen LogP contribution in [0.3, 0.4) is 0 Å². The van der Waals surface area contributed by atoms with Gasteiger partial charge in [-0.15, -0.1) is 11.3 Å². The molecular formula is C28H40N2O6S. The molecule has 9 heteroatoms. The normalized spacial score (nSPS) is 10.6. The highest BCUT2D eigenvalue weighted by Gasteiger charge is 2.22. The number of rotatable bonds is 16. The molecule has 0 atom stereocenters. The van der Waals surface area contributed by atoms with Gasteiger partial charge in [0.1, 0.15) is 0 Å². The highest BCUT2D eigenvalue weighted by atomic mass is 32.1. The lowest BCUT2D eigenvalue weighted by molar-refractivity contribution is -0.146. The van der Waals surface area contributed by atoms with Crippen LogP contribution in [0.15, 0.2) is 30.3 Å². The van der Waals surface area contributed by atoms with E-state index in [0.29, 0.717) is 37.6 Å². The third-order valence-electron chi connectivity index (χ3n) is 5.92. The second-order valence-electron chi connectivity index (χ2n) is 8.74. The van der Waals surface area contributed by atoms with Gasteiger partial charge in [-0.1, -0.05) is 19.4 Å². The first-order valence-electron chi connectivity index (χ1n) is 12.8. The fraction of sp³-hybridized carbons (Fsp3) is 0.536. The number of esters is 1. The maximum absolute atomic E-state index is 13.5. The second-order valence-corrected chi connectivity index (χ2v) is 10.1. The van der Waals surface area contributed by atoms with Crippen LogP contribution < -0.4 is 9.47 Å². The van der Waals surface area contributed by atoms with Crippen LogP contribution in [0.4, 0.5) is 0 Å². The molecule has 0 saturated heterocycles. The lowest BCUT2D eigenvalue weighted by Gasteiger charge is -2.28. The summed E-state index contributed by atoms with van der Waals surface area (Å²) in [4.78, 5) is 43.8. The fourth-order valence-corrected chi connectivity index (χ4v) is 4.76. The van der Waals surface area contributed by atoms with Crippen molar-refractivity contribution in [3.63, 3.8) is 0 Å². The lowest BCUT2D eigenvalue weighted by atomic mass is 10.1. The minimum Gasteiger partial charge on any atom is -0.493 e. The monoisotopic (exact) mass is 532 g/mol. The Bertz CT molecular complexity index is 1020. The van der Waals surface area contributed by atoms with E-state index in [2.05, 4.69) is 0 Å². The van der Waals surface area contributed by atoms with Crippen molar-refractivity contribution in [3.8, 4) is 11.5 Å². The van der Waals surface area contributed by atoms with Crippen LogP contribution in [0.5, 0.6) is 11.5 Å². The van der Waals surface area contributed by atoms with Crippen LogP contribution in [-0.4, -0.2) is 68.0 Å². The Morgan fingerprint density at radius 1 is 0.892 bits per heavy atom. The molecule has 0 unspecified atom stereocenters. The number of nitrogens with zero attached hydrogens (tertiary/aromatic N) is 2. The first kappa shape index (κ1) is 30.2. The molecule has 8 nitrogen and oxygen atoms in total. The average Bonchev–Trinajstić information content (AvgIpc) is 3.31. The van der Waals surface area contributed by atoms with Crippen molar-refractivity contribution in [2.75, 3.05) is 40.5 Å². The first-order valence-corrected chi connectivity index (χ1v) is 13.6. The SMILES string of the molecule is CCCCN(CC(=O)N(CCc1ccc(OC)c(OC)c1)Cc1ccc(C)s1)C(=O)CCC(=O)OCC. The Morgan fingerprint density at radius 2 is 1.65 bits per heavy atom. The van der Waals surface area contributed by atoms with Crippen molar-refractivity contribution in [2.45, 2.75) is 59.4 Å². The third-order valence-corrected chi connectivity index (χ3v) is 6.91. The molecule has 0 saturated carbocycles. The van der Waals surface area contributed by atoms with E-state index >= 15 is 0 Å². The molecule has 204 valence electrons. The quantitative estimate of drug-likeness (QED) is 0.293. The number of hydrogen-bond donors (Lipinski definition) is 0. The molecule has 37 heavy (non-hydrogen) atoms. The maximum atomic E-state index is 13.5. The summed E-state index contributed by atoms with van der Waals surface area (Å²) in [5.41, 5.74) is 1.02. The third kappa shape index (κ3) is 10.1. The fourth-order valence-electron chi connectivity index (χ4n) is 3.85. The zero-order chi connectivity index (χ0) is 27.2. The first-order chi connectivity index (χ1) is 17.8. The van der Waals surface area contributed by atoms with Gasteiger partial charge in [-0.25, -0.2) is 0 Å². The van der Waals surface area contributed by atoms with Gasteiger partial charge in [-0.3, -0.25) is 14.4 Å². The molecule has 2 rings (SSSR count). The number of carbonyl (C=O) groups excluding carboxylic acids is 3. The highest BCUT2D eigenvalue weighted by Crippen LogP contribution is 2.28. The van der Waals surface area contributed by atoms with Gasteiger partial charge in [0.25, 0.3) is 0 Å². The van der Waals surface area contributed by atoms with Crippen molar-refractivity contribution in [1.82, 2.24) is 9.80 Å². The highest BCUT2D eigenvalue weighted by molar-refractivity contribution is 7.11. The summed E-state index contributed by atoms with van der Waals surface area (Å²) in [6.45, 7) is 7.52. The number of aryl methyl sites for hydroxylation is 1. The zero-order valence-electron chi connectivity index (χ0n) is 22.7. The minimum absolute atomic E-state index is 0.0149. The standard InChI is InChI=1S/C28H40N2O6S/c1-6-8-16-29(26(31)13-14-28(33)36-7-2)20-27(32)30(19-23-11-9-21(3)37-23)17-15-22-10-12-24(34-4)25(18-22)35-5/h9-12,18H,6-8,13-17,19-20H2,1-5H3. The Kier molecular flexibility index (Phi) is 13.0. The van der Waals surface area contributed by atoms with E-state index in [-0.39, 0.29) is 37.8 Å². The van der Waals surface area contributed by atoms with Crippen molar-refractivity contribution >= 4 is 29.1 Å². The topological polar surface area (TPSA) is 85.4 Å². The van der Waals surface area contributed by atoms with Gasteiger partial charge in [-0.05, 0) is 56.5 Å². The summed E-state index contributed by atoms with van der Waals surface area (Å²) < 4.78 is 15.7. The van der Waals surface area contributed by atoms with E-state index in [4.69, 9.17) is 14.2 Å². The van der Waals surface area contributed by atoms with Gasteiger partial charge in [0, 0.05) is 29.3 Å². The van der Waals surface area contributed by atoms with Gasteiger partial charge < -0.3 is 24.0 Å². The van der Waals surface area contributed by atoms with Crippen LogP contribution in [0.25, 0.3) is 0 Å². The van der Waals surface area contributed by atoms with Gasteiger partial charge in [0.05, 0.1) is 40.3 Å². The molecule has 0 radical (unpaired) electrons. The molecule has 2 amide bonds. The van der Waals surface area contributed by atoms with Crippen LogP contribution in [0.2, 0.25) is 0 Å². The van der Waals surface area contributed by atoms with E-state index < -0.39 is 5.97 Å². The summed E-state index contributed by atoms with van der Waals surface area (Å²) in [6.07, 6.45) is 2.36. The summed E-state index contributed by atoms with van der Waals surface area (Å²) in [5.74, 6) is 0.571. The van der Waals surface area contributed by atoms with Crippen molar-refractivity contribution in [2.24, 2.45) is 0 Å². The van der Waals surface area contributed by atoms with Crippen molar-refractivity contribution in [3.05, 3.63) is 45.6 Å². The summed E-state index contributed by atoms with van der Waals surface area (Å²) in [7, 11) is 3.19. The smallest absolute Gasteiger partial charge is 0.306 e. The Labute approximate surface area is 224 Å². The number of carbonyl (C=O) groups is 3. The van der Waals surface area contributed by atoms with E-state index in [9.17, 15) is 14.4 Å². The molecule has 0 aliphatic carbocycles. The molecule has 0 spiro atoms. The molecule has 0 N–H and O–H groups in total. The summed E-state index contributed by atoms with van der Waals surface area (Å²) in [6, 6.07) is 9.83. The predicted octanol–water partition coefficient (Wildman–Crippen LogP) is 4.62. The number of hydrogen-bond acceptors (Lipinski definition) is 7. The molecule has 1 heterocycles. The molecule has 1 aromatic heterocycles.